The van der Waals surface area contributed by atoms with Crippen molar-refractivity contribution in [3.05, 3.63) is 58.4 Å². The maximum atomic E-state index is 13.4. The number of fused-ring (bicyclic) bond motifs is 3. The Labute approximate surface area is 171 Å². The van der Waals surface area contributed by atoms with E-state index < -0.39 is 0 Å². The number of aromatic nitrogens is 4. The first-order valence-electron chi connectivity index (χ1n) is 9.19. The minimum absolute atomic E-state index is 0.176. The number of nitrogens with zero attached hydrogens (tertiary/aromatic N) is 5. The number of rotatable bonds is 6. The monoisotopic (exact) mass is 405 g/mol. The smallest absolute Gasteiger partial charge is 0.267 e. The van der Waals surface area contributed by atoms with Gasteiger partial charge >= 0.3 is 0 Å². The molecule has 0 atom stereocenters. The Morgan fingerprint density at radius 1 is 1.21 bits per heavy atom. The number of hydrogen-bond donors (Lipinski definition) is 0. The average Bonchev–Trinajstić information content (AvgIpc) is 3.15. The molecule has 2 aromatic heterocycles. The number of aryl methyl sites for hydroxylation is 1. The zero-order valence-corrected chi connectivity index (χ0v) is 16.9. The van der Waals surface area contributed by atoms with Crippen LogP contribution >= 0.6 is 11.8 Å². The highest BCUT2D eigenvalue weighted by atomic mass is 32.2. The van der Waals surface area contributed by atoms with E-state index in [0.717, 1.165) is 23.3 Å². The van der Waals surface area contributed by atoms with Gasteiger partial charge in [-0.15, -0.1) is 10.2 Å². The second kappa shape index (κ2) is 7.97. The second-order valence-corrected chi connectivity index (χ2v) is 7.62. The molecule has 8 heteroatoms. The van der Waals surface area contributed by atoms with Crippen molar-refractivity contribution in [1.82, 2.24) is 19.2 Å². The summed E-state index contributed by atoms with van der Waals surface area (Å²) in [6, 6.07) is 15.3. The summed E-state index contributed by atoms with van der Waals surface area (Å²) >= 11 is 1.53. The summed E-state index contributed by atoms with van der Waals surface area (Å²) in [5, 5.41) is 18.7. The third kappa shape index (κ3) is 3.34. The zero-order valence-electron chi connectivity index (χ0n) is 16.1. The Bertz CT molecular complexity index is 1300. The van der Waals surface area contributed by atoms with Gasteiger partial charge in [0.1, 0.15) is 5.75 Å². The second-order valence-electron chi connectivity index (χ2n) is 6.56. The van der Waals surface area contributed by atoms with Crippen molar-refractivity contribution in [1.29, 1.82) is 5.26 Å². The lowest BCUT2D eigenvalue weighted by Gasteiger charge is -2.14. The normalized spacial score (nSPS) is 11.1. The topological polar surface area (TPSA) is 85.2 Å². The maximum Gasteiger partial charge on any atom is 0.267 e. The van der Waals surface area contributed by atoms with E-state index in [2.05, 4.69) is 16.3 Å². The van der Waals surface area contributed by atoms with E-state index >= 15 is 0 Å². The minimum Gasteiger partial charge on any atom is -0.495 e. The van der Waals surface area contributed by atoms with Crippen molar-refractivity contribution in [2.45, 2.75) is 24.9 Å². The van der Waals surface area contributed by atoms with Crippen LogP contribution in [0.5, 0.6) is 5.75 Å². The van der Waals surface area contributed by atoms with Crippen molar-refractivity contribution in [3.63, 3.8) is 0 Å². The van der Waals surface area contributed by atoms with Gasteiger partial charge in [0, 0.05) is 12.2 Å². The molecule has 4 aromatic rings. The van der Waals surface area contributed by atoms with Gasteiger partial charge in [0.25, 0.3) is 5.56 Å². The Hall–Kier alpha value is -3.31. The van der Waals surface area contributed by atoms with Crippen LogP contribution in [0, 0.1) is 18.3 Å². The Balaban J connectivity index is 2.02. The summed E-state index contributed by atoms with van der Waals surface area (Å²) in [5.74, 6) is 1.76. The number of hydrogen-bond acceptors (Lipinski definition) is 6. The van der Waals surface area contributed by atoms with Crippen LogP contribution in [-0.2, 0) is 0 Å². The van der Waals surface area contributed by atoms with E-state index in [-0.39, 0.29) is 5.56 Å². The highest BCUT2D eigenvalue weighted by Crippen LogP contribution is 2.28. The number of ether oxygens (including phenoxy) is 1. The van der Waals surface area contributed by atoms with Crippen LogP contribution in [0.25, 0.3) is 22.4 Å². The molecule has 0 bridgehead atoms. The highest BCUT2D eigenvalue weighted by Gasteiger charge is 2.19. The maximum absolute atomic E-state index is 13.4. The van der Waals surface area contributed by atoms with Crippen molar-refractivity contribution >= 4 is 28.4 Å². The van der Waals surface area contributed by atoms with Crippen LogP contribution in [0.1, 0.15) is 18.4 Å². The van der Waals surface area contributed by atoms with E-state index in [4.69, 9.17) is 10.00 Å². The first-order valence-corrected chi connectivity index (χ1v) is 10.2. The molecular formula is C21H19N5O2S. The summed E-state index contributed by atoms with van der Waals surface area (Å²) in [7, 11) is 1.58. The van der Waals surface area contributed by atoms with Crippen LogP contribution in [0.2, 0.25) is 0 Å². The number of methoxy groups -OCH3 is 1. The Morgan fingerprint density at radius 3 is 2.83 bits per heavy atom. The lowest BCUT2D eigenvalue weighted by Crippen LogP contribution is -2.22. The molecule has 146 valence electrons. The molecule has 0 radical (unpaired) electrons. The van der Waals surface area contributed by atoms with Crippen molar-refractivity contribution in [2.75, 3.05) is 12.9 Å². The van der Waals surface area contributed by atoms with Gasteiger partial charge in [0.2, 0.25) is 5.78 Å². The predicted octanol–water partition coefficient (Wildman–Crippen LogP) is 3.75. The first kappa shape index (κ1) is 19.0. The standard InChI is InChI=1S/C21H19N5O2S/c1-14-9-10-18(28-2)17(13-14)25-19(27)15-7-3-4-8-16(15)26-20(25)23-24-21(26)29-12-6-5-11-22/h3-4,7-10,13H,5-6,12H2,1-2H3. The van der Waals surface area contributed by atoms with Gasteiger partial charge in [-0.25, -0.2) is 4.57 Å². The molecule has 0 unspecified atom stereocenters. The number of nitriles is 1. The molecule has 0 amide bonds. The molecule has 0 N–H and O–H groups in total. The summed E-state index contributed by atoms with van der Waals surface area (Å²) < 4.78 is 8.97. The van der Waals surface area contributed by atoms with Crippen molar-refractivity contribution in [3.8, 4) is 17.5 Å². The zero-order chi connectivity index (χ0) is 20.4. The van der Waals surface area contributed by atoms with E-state index in [1.54, 1.807) is 17.7 Å². The number of para-hydroxylation sites is 1. The number of thioether (sulfide) groups is 1. The van der Waals surface area contributed by atoms with Gasteiger partial charge in [-0.3, -0.25) is 9.20 Å². The molecule has 0 saturated heterocycles. The van der Waals surface area contributed by atoms with E-state index in [0.29, 0.717) is 34.2 Å². The van der Waals surface area contributed by atoms with Crippen LogP contribution in [0.3, 0.4) is 0 Å². The summed E-state index contributed by atoms with van der Waals surface area (Å²) in [6.45, 7) is 1.96. The van der Waals surface area contributed by atoms with E-state index in [9.17, 15) is 4.79 Å². The Kier molecular flexibility index (Phi) is 5.23. The molecule has 0 aliphatic heterocycles. The highest BCUT2D eigenvalue weighted by molar-refractivity contribution is 7.99. The quantitative estimate of drug-likeness (QED) is 0.359. The molecule has 0 aliphatic carbocycles. The van der Waals surface area contributed by atoms with Gasteiger partial charge < -0.3 is 4.74 Å². The summed E-state index contributed by atoms with van der Waals surface area (Å²) in [6.07, 6.45) is 1.26. The molecule has 0 saturated carbocycles. The average molecular weight is 405 g/mol. The summed E-state index contributed by atoms with van der Waals surface area (Å²) in [4.78, 5) is 13.4. The molecule has 2 heterocycles. The van der Waals surface area contributed by atoms with E-state index in [1.807, 2.05) is 47.7 Å². The first-order chi connectivity index (χ1) is 14.2. The third-order valence-electron chi connectivity index (χ3n) is 4.63. The molecule has 4 rings (SSSR count). The SMILES string of the molecule is COc1ccc(C)cc1-n1c(=O)c2ccccc2n2c(SCCCC#N)nnc12. The fraction of sp³-hybridized carbons (Fsp3) is 0.238. The summed E-state index contributed by atoms with van der Waals surface area (Å²) in [5.41, 5.74) is 2.21. The van der Waals surface area contributed by atoms with Gasteiger partial charge in [0.05, 0.1) is 29.8 Å². The molecule has 2 aromatic carbocycles. The third-order valence-corrected chi connectivity index (χ3v) is 5.65. The lowest BCUT2D eigenvalue weighted by atomic mass is 10.2. The molecular weight excluding hydrogens is 386 g/mol. The van der Waals surface area contributed by atoms with Gasteiger partial charge in [-0.2, -0.15) is 5.26 Å². The van der Waals surface area contributed by atoms with Gasteiger partial charge in [-0.05, 0) is 43.2 Å². The molecule has 0 aliphatic rings. The predicted molar refractivity (Wildman–Crippen MR) is 113 cm³/mol. The fourth-order valence-corrected chi connectivity index (χ4v) is 4.16. The van der Waals surface area contributed by atoms with E-state index in [1.165, 1.54) is 11.8 Å². The molecule has 0 spiro atoms. The van der Waals surface area contributed by atoms with Crippen LogP contribution < -0.4 is 10.3 Å². The largest absolute Gasteiger partial charge is 0.495 e. The lowest BCUT2D eigenvalue weighted by molar-refractivity contribution is 0.412. The van der Waals surface area contributed by atoms with Crippen molar-refractivity contribution < 1.29 is 4.74 Å². The molecule has 29 heavy (non-hydrogen) atoms. The van der Waals surface area contributed by atoms with Crippen LogP contribution in [-0.4, -0.2) is 32.0 Å². The van der Waals surface area contributed by atoms with Crippen LogP contribution in [0.4, 0.5) is 0 Å². The van der Waals surface area contributed by atoms with Gasteiger partial charge in [0.15, 0.2) is 5.16 Å². The molecule has 0 fully saturated rings. The number of benzene rings is 2. The van der Waals surface area contributed by atoms with Gasteiger partial charge in [-0.1, -0.05) is 30.0 Å². The van der Waals surface area contributed by atoms with Crippen LogP contribution in [0.15, 0.2) is 52.4 Å². The number of unbranched alkanes of at least 4 members (excludes halogenated alkanes) is 1. The molecule has 7 nitrogen and oxygen atoms in total. The van der Waals surface area contributed by atoms with Crippen molar-refractivity contribution in [2.24, 2.45) is 0 Å². The Morgan fingerprint density at radius 2 is 2.03 bits per heavy atom. The minimum atomic E-state index is -0.176. The fourth-order valence-electron chi connectivity index (χ4n) is 3.28.